The molecule has 0 N–H and O–H groups in total. The van der Waals surface area contributed by atoms with Gasteiger partial charge in [0, 0.05) is 0 Å². The summed E-state index contributed by atoms with van der Waals surface area (Å²) in [5.41, 5.74) is 0. The molecule has 0 unspecified atom stereocenters. The monoisotopic (exact) mass is 202 g/mol. The summed E-state index contributed by atoms with van der Waals surface area (Å²) in [6.45, 7) is 0. The lowest BCUT2D eigenvalue weighted by Gasteiger charge is -0.270. The van der Waals surface area contributed by atoms with E-state index in [1.807, 2.05) is 0 Å². The van der Waals surface area contributed by atoms with Crippen LogP contribution in [0.3, 0.4) is 0 Å². The van der Waals surface area contributed by atoms with Crippen molar-refractivity contribution in [2.75, 3.05) is 0 Å². The lowest BCUT2D eigenvalue weighted by atomic mass is 10.8. The molecule has 0 bridgehead atoms. The molecular formula is H7BF3I. The summed E-state index contributed by atoms with van der Waals surface area (Å²) >= 11 is 0. The van der Waals surface area contributed by atoms with Crippen molar-refractivity contribution in [2.24, 2.45) is 0 Å². The molecule has 0 rings (SSSR count). The van der Waals surface area contributed by atoms with Crippen LogP contribution >= 0.6 is 24.0 Å². The molecular weight excluding hydrogens is 195 g/mol. The van der Waals surface area contributed by atoms with Gasteiger partial charge in [-0.05, 0) is 0 Å². The van der Waals surface area contributed by atoms with E-state index in [4.69, 9.17) is 0 Å². The van der Waals surface area contributed by atoms with E-state index in [0.29, 0.717) is 0 Å². The zero-order valence-electron chi connectivity index (χ0n) is 1.63. The smallest absolute Gasteiger partial charge is 0.0814 e. The van der Waals surface area contributed by atoms with Gasteiger partial charge < -0.3 is 0 Å². The summed E-state index contributed by atoms with van der Waals surface area (Å²) in [4.78, 5) is 0. The van der Waals surface area contributed by atoms with E-state index in [-0.39, 0.29) is 46.5 Å². The number of halogens is 4. The Morgan fingerprint density at radius 1 is 0.600 bits per heavy atom. The Kier molecular flexibility index (Phi) is 11800. The Bertz CT molecular complexity index is 6.85. The Balaban J connectivity index is 0. The minimum atomic E-state index is 0. The first-order chi connectivity index (χ1) is 0. The fraction of sp³-hybridized carbons (Fsp3) is 0. The molecule has 5 heavy (non-hydrogen) atoms. The molecule has 0 nitrogen and oxygen atoms in total. The summed E-state index contributed by atoms with van der Waals surface area (Å²) in [7, 11) is 0. The second-order valence-electron chi connectivity index (χ2n) is 0. The Morgan fingerprint density at radius 3 is 0.600 bits per heavy atom. The van der Waals surface area contributed by atoms with Crippen molar-refractivity contribution in [3.8, 4) is 0 Å². The van der Waals surface area contributed by atoms with Gasteiger partial charge in [0.15, 0.2) is 0 Å². The Morgan fingerprint density at radius 2 is 0.600 bits per heavy atom. The van der Waals surface area contributed by atoms with Crippen molar-refractivity contribution in [3.63, 3.8) is 0 Å². The van der Waals surface area contributed by atoms with Gasteiger partial charge in [-0.15, -0.1) is 24.0 Å². The van der Waals surface area contributed by atoms with Gasteiger partial charge in [-0.25, -0.2) is 0 Å². The van der Waals surface area contributed by atoms with Crippen molar-refractivity contribution in [1.29, 1.82) is 0 Å². The molecule has 0 fully saturated rings. The lowest BCUT2D eigenvalue weighted by Crippen LogP contribution is -0.381. The molecule has 0 radical (unpaired) electrons. The van der Waals surface area contributed by atoms with Gasteiger partial charge in [0.2, 0.25) is 0 Å². The minimum absolute atomic E-state index is 0. The highest BCUT2D eigenvalue weighted by molar-refractivity contribution is 14.0. The fourth-order valence-electron chi connectivity index (χ4n) is 0. The standard InChI is InChI=1S/BH3.3FH.HI/h1H3;4*1H. The van der Waals surface area contributed by atoms with Gasteiger partial charge in [-0.1, -0.05) is 0 Å². The summed E-state index contributed by atoms with van der Waals surface area (Å²) in [5.74, 6) is 0. The van der Waals surface area contributed by atoms with E-state index in [1.165, 1.54) is 0 Å². The van der Waals surface area contributed by atoms with Crippen LogP contribution in [-0.2, 0) is 0 Å². The third-order valence-electron chi connectivity index (χ3n) is 0. The lowest BCUT2D eigenvalue weighted by molar-refractivity contribution is 1.11. The van der Waals surface area contributed by atoms with Gasteiger partial charge in [-0.2, -0.15) is 0 Å². The van der Waals surface area contributed by atoms with Gasteiger partial charge in [-0.3, -0.25) is 14.1 Å². The molecule has 0 aliphatic carbocycles. The summed E-state index contributed by atoms with van der Waals surface area (Å²) in [6, 6.07) is 0. The van der Waals surface area contributed by atoms with E-state index in [0.717, 1.165) is 0 Å². The van der Waals surface area contributed by atoms with E-state index >= 15 is 0 Å². The predicted octanol–water partition coefficient (Wildman–Crippen LogP) is -0.108. The third kappa shape index (κ3) is 89.5. The summed E-state index contributed by atoms with van der Waals surface area (Å²) < 4.78 is 0. The van der Waals surface area contributed by atoms with E-state index < -0.39 is 0 Å². The topological polar surface area (TPSA) is 0 Å². The largest absolute Gasteiger partial charge is 0.269 e. The van der Waals surface area contributed by atoms with Crippen molar-refractivity contribution in [2.45, 2.75) is 0 Å². The average molecular weight is 202 g/mol. The molecule has 0 saturated heterocycles. The Labute approximate surface area is 47.0 Å². The maximum absolute atomic E-state index is 0. The summed E-state index contributed by atoms with van der Waals surface area (Å²) in [6.07, 6.45) is 0. The molecule has 0 aromatic rings. The molecule has 0 aliphatic heterocycles. The zero-order valence-corrected chi connectivity index (χ0v) is 3.96. The third-order valence-corrected chi connectivity index (χ3v) is 0. The van der Waals surface area contributed by atoms with Crippen molar-refractivity contribution in [3.05, 3.63) is 0 Å². The van der Waals surface area contributed by atoms with Gasteiger partial charge in [0.25, 0.3) is 0 Å². The minimum Gasteiger partial charge on any atom is -0.269 e. The Hall–Kier alpha value is 0.585. The van der Waals surface area contributed by atoms with Crippen molar-refractivity contribution < 1.29 is 14.1 Å². The van der Waals surface area contributed by atoms with Crippen LogP contribution in [0.2, 0.25) is 0 Å². The van der Waals surface area contributed by atoms with Gasteiger partial charge in [0.1, 0.15) is 0 Å². The molecule has 0 spiro atoms. The molecule has 38 valence electrons. The average Bonchev–Trinajstić information content (AvgIpc) is 0. The van der Waals surface area contributed by atoms with Crippen LogP contribution in [-0.4, -0.2) is 8.41 Å². The normalized spacial score (nSPS) is 0. The van der Waals surface area contributed by atoms with Crippen LogP contribution in [0.5, 0.6) is 0 Å². The molecule has 5 heteroatoms. The highest BCUT2D eigenvalue weighted by Gasteiger charge is 0.0814. The number of hydrogen-bond acceptors (Lipinski definition) is 0. The van der Waals surface area contributed by atoms with E-state index in [2.05, 4.69) is 0 Å². The van der Waals surface area contributed by atoms with Crippen LogP contribution in [0.4, 0.5) is 14.1 Å². The molecule has 0 heterocycles. The van der Waals surface area contributed by atoms with Gasteiger partial charge in [0.05, 0.1) is 8.41 Å². The quantitative estimate of drug-likeness (QED) is 0.379. The maximum Gasteiger partial charge on any atom is 0.0814 e. The number of rotatable bonds is 0. The second kappa shape index (κ2) is 172. The highest BCUT2D eigenvalue weighted by Crippen LogP contribution is 0.886. The van der Waals surface area contributed by atoms with Crippen LogP contribution in [0.15, 0.2) is 0 Å². The number of hydrogen-bond donors (Lipinski definition) is 0. The molecule has 0 saturated carbocycles. The van der Waals surface area contributed by atoms with Crippen LogP contribution in [0, 0.1) is 0 Å². The fourth-order valence-corrected chi connectivity index (χ4v) is 0. The van der Waals surface area contributed by atoms with Crippen molar-refractivity contribution in [1.82, 2.24) is 0 Å². The van der Waals surface area contributed by atoms with Crippen LogP contribution in [0.1, 0.15) is 0 Å². The van der Waals surface area contributed by atoms with Crippen LogP contribution < -0.4 is 0 Å². The van der Waals surface area contributed by atoms with Crippen molar-refractivity contribution >= 4 is 32.4 Å². The highest BCUT2D eigenvalue weighted by atomic mass is 127. The van der Waals surface area contributed by atoms with Crippen LogP contribution in [0.25, 0.3) is 0 Å². The SMILES string of the molecule is B.F.F.F.I. The summed E-state index contributed by atoms with van der Waals surface area (Å²) in [5, 5.41) is 0. The second-order valence-corrected chi connectivity index (χ2v) is 0. The first kappa shape index (κ1) is 343. The molecule has 0 amide bonds. The molecule has 0 aromatic carbocycles. The maximum atomic E-state index is 0. The van der Waals surface area contributed by atoms with Gasteiger partial charge >= 0.3 is 0 Å². The molecule has 0 aliphatic rings. The van der Waals surface area contributed by atoms with E-state index in [9.17, 15) is 0 Å². The molecule has 0 aromatic heterocycles. The first-order valence-corrected chi connectivity index (χ1v) is 0. The molecule has 0 atom stereocenters. The first-order valence-electron chi connectivity index (χ1n) is 0. The van der Waals surface area contributed by atoms with E-state index in [1.54, 1.807) is 0 Å². The zero-order chi connectivity index (χ0) is 0. The predicted molar refractivity (Wildman–Crippen MR) is 32.9 cm³/mol.